The Bertz CT molecular complexity index is 542. The topological polar surface area (TPSA) is 66.9 Å². The van der Waals surface area contributed by atoms with Crippen molar-refractivity contribution in [3.63, 3.8) is 0 Å². The smallest absolute Gasteiger partial charge is 0.325 e. The molecule has 0 fully saturated rings. The predicted octanol–water partition coefficient (Wildman–Crippen LogP) is 1.30. The van der Waals surface area contributed by atoms with Gasteiger partial charge in [0.25, 0.3) is 5.91 Å². The molecule has 0 heterocycles. The zero-order valence-electron chi connectivity index (χ0n) is 12.8. The Morgan fingerprint density at radius 3 is 2.33 bits per heavy atom. The van der Waals surface area contributed by atoms with Crippen LogP contribution in [0.2, 0.25) is 0 Å². The van der Waals surface area contributed by atoms with Crippen LogP contribution in [-0.2, 0) is 14.3 Å². The van der Waals surface area contributed by atoms with E-state index in [1.54, 1.807) is 38.2 Å². The third-order valence-corrected chi connectivity index (χ3v) is 2.99. The number of ether oxygens (including phenoxy) is 1. The lowest BCUT2D eigenvalue weighted by molar-refractivity contribution is -0.143. The molecule has 0 spiro atoms. The SMILES string of the molecule is CCOC(=O)CN(C)C(=O)c1ccccc1N(C)C(C)=O. The summed E-state index contributed by atoms with van der Waals surface area (Å²) >= 11 is 0. The molecule has 0 saturated heterocycles. The van der Waals surface area contributed by atoms with Crippen LogP contribution in [0.25, 0.3) is 0 Å². The molecule has 6 nitrogen and oxygen atoms in total. The highest BCUT2D eigenvalue weighted by atomic mass is 16.5. The van der Waals surface area contributed by atoms with Crippen LogP contribution in [0.3, 0.4) is 0 Å². The Balaban J connectivity index is 2.97. The van der Waals surface area contributed by atoms with Gasteiger partial charge in [-0.25, -0.2) is 0 Å². The predicted molar refractivity (Wildman–Crippen MR) is 79.1 cm³/mol. The fourth-order valence-corrected chi connectivity index (χ4v) is 1.79. The van der Waals surface area contributed by atoms with Crippen molar-refractivity contribution in [3.8, 4) is 0 Å². The van der Waals surface area contributed by atoms with Gasteiger partial charge < -0.3 is 14.5 Å². The minimum Gasteiger partial charge on any atom is -0.465 e. The number of hydrogen-bond acceptors (Lipinski definition) is 4. The largest absolute Gasteiger partial charge is 0.465 e. The van der Waals surface area contributed by atoms with Crippen molar-refractivity contribution >= 4 is 23.5 Å². The summed E-state index contributed by atoms with van der Waals surface area (Å²) in [6.07, 6.45) is 0. The summed E-state index contributed by atoms with van der Waals surface area (Å²) in [6, 6.07) is 6.77. The molecule has 0 unspecified atom stereocenters. The van der Waals surface area contributed by atoms with E-state index in [0.717, 1.165) is 0 Å². The van der Waals surface area contributed by atoms with Crippen LogP contribution in [0.5, 0.6) is 0 Å². The summed E-state index contributed by atoms with van der Waals surface area (Å²) in [7, 11) is 3.11. The lowest BCUT2D eigenvalue weighted by atomic mass is 10.1. The van der Waals surface area contributed by atoms with E-state index in [1.165, 1.54) is 23.8 Å². The molecule has 6 heteroatoms. The summed E-state index contributed by atoms with van der Waals surface area (Å²) in [4.78, 5) is 38.0. The Morgan fingerprint density at radius 2 is 1.76 bits per heavy atom. The van der Waals surface area contributed by atoms with Gasteiger partial charge in [0.2, 0.25) is 5.91 Å². The van der Waals surface area contributed by atoms with Crippen LogP contribution in [-0.4, -0.2) is 49.9 Å². The molecule has 21 heavy (non-hydrogen) atoms. The molecule has 0 saturated carbocycles. The fourth-order valence-electron chi connectivity index (χ4n) is 1.79. The Labute approximate surface area is 124 Å². The Hall–Kier alpha value is -2.37. The first kappa shape index (κ1) is 16.7. The third-order valence-electron chi connectivity index (χ3n) is 2.99. The van der Waals surface area contributed by atoms with Crippen LogP contribution in [0, 0.1) is 0 Å². The monoisotopic (exact) mass is 292 g/mol. The second-order valence-corrected chi connectivity index (χ2v) is 4.56. The maximum absolute atomic E-state index is 12.4. The standard InChI is InChI=1S/C15H20N2O4/c1-5-21-14(19)10-16(3)15(20)12-8-6-7-9-13(12)17(4)11(2)18/h6-9H,5,10H2,1-4H3. The number of rotatable bonds is 5. The minimum atomic E-state index is -0.467. The first-order valence-corrected chi connectivity index (χ1v) is 6.62. The molecule has 0 aliphatic heterocycles. The molecule has 114 valence electrons. The third kappa shape index (κ3) is 4.30. The van der Waals surface area contributed by atoms with E-state index in [4.69, 9.17) is 4.74 Å². The normalized spacial score (nSPS) is 9.90. The van der Waals surface area contributed by atoms with Gasteiger partial charge >= 0.3 is 5.97 Å². The van der Waals surface area contributed by atoms with Crippen molar-refractivity contribution in [3.05, 3.63) is 29.8 Å². The van der Waals surface area contributed by atoms with Crippen molar-refractivity contribution in [1.29, 1.82) is 0 Å². The van der Waals surface area contributed by atoms with Gasteiger partial charge in [-0.15, -0.1) is 0 Å². The molecule has 1 aromatic carbocycles. The first-order chi connectivity index (χ1) is 9.88. The second-order valence-electron chi connectivity index (χ2n) is 4.56. The number of carbonyl (C=O) groups excluding carboxylic acids is 3. The van der Waals surface area contributed by atoms with Gasteiger partial charge in [0.1, 0.15) is 6.54 Å². The quantitative estimate of drug-likeness (QED) is 0.767. The van der Waals surface area contributed by atoms with E-state index < -0.39 is 5.97 Å². The second kappa shape index (κ2) is 7.42. The molecule has 2 amide bonds. The molecule has 0 radical (unpaired) electrons. The first-order valence-electron chi connectivity index (χ1n) is 6.62. The van der Waals surface area contributed by atoms with Crippen molar-refractivity contribution in [2.75, 3.05) is 32.1 Å². The summed E-state index contributed by atoms with van der Waals surface area (Å²) in [5.74, 6) is -0.985. The number of amides is 2. The summed E-state index contributed by atoms with van der Waals surface area (Å²) in [5.41, 5.74) is 0.868. The lowest BCUT2D eigenvalue weighted by Crippen LogP contribution is -2.34. The van der Waals surface area contributed by atoms with Crippen LogP contribution < -0.4 is 4.90 Å². The summed E-state index contributed by atoms with van der Waals surface area (Å²) in [5, 5.41) is 0. The van der Waals surface area contributed by atoms with Gasteiger partial charge in [-0.1, -0.05) is 12.1 Å². The van der Waals surface area contributed by atoms with Gasteiger partial charge in [0.05, 0.1) is 17.9 Å². The van der Waals surface area contributed by atoms with Crippen LogP contribution in [0.15, 0.2) is 24.3 Å². The van der Waals surface area contributed by atoms with E-state index in [1.807, 2.05) is 0 Å². The number of hydrogen-bond donors (Lipinski definition) is 0. The van der Waals surface area contributed by atoms with Gasteiger partial charge in [-0.2, -0.15) is 0 Å². The van der Waals surface area contributed by atoms with Gasteiger partial charge in [0, 0.05) is 21.0 Å². The molecule has 0 aliphatic rings. The van der Waals surface area contributed by atoms with Crippen molar-refractivity contribution in [1.82, 2.24) is 4.90 Å². The van der Waals surface area contributed by atoms with E-state index in [-0.39, 0.29) is 25.0 Å². The average Bonchev–Trinajstić information content (AvgIpc) is 2.45. The maximum atomic E-state index is 12.4. The van der Waals surface area contributed by atoms with E-state index in [9.17, 15) is 14.4 Å². The molecule has 0 atom stereocenters. The van der Waals surface area contributed by atoms with Crippen LogP contribution in [0.4, 0.5) is 5.69 Å². The molecule has 0 bridgehead atoms. The Morgan fingerprint density at radius 1 is 1.14 bits per heavy atom. The number of esters is 1. The number of carbonyl (C=O) groups is 3. The average molecular weight is 292 g/mol. The molecule has 0 N–H and O–H groups in total. The van der Waals surface area contributed by atoms with Crippen molar-refractivity contribution < 1.29 is 19.1 Å². The van der Waals surface area contributed by atoms with Gasteiger partial charge in [-0.05, 0) is 19.1 Å². The molecule has 1 aromatic rings. The molecule has 0 aliphatic carbocycles. The summed E-state index contributed by atoms with van der Waals surface area (Å²) in [6.45, 7) is 3.26. The number of benzene rings is 1. The van der Waals surface area contributed by atoms with Crippen LogP contribution >= 0.6 is 0 Å². The highest BCUT2D eigenvalue weighted by molar-refractivity contribution is 6.04. The van der Waals surface area contributed by atoms with E-state index >= 15 is 0 Å². The van der Waals surface area contributed by atoms with Crippen molar-refractivity contribution in [2.45, 2.75) is 13.8 Å². The van der Waals surface area contributed by atoms with E-state index in [0.29, 0.717) is 11.3 Å². The maximum Gasteiger partial charge on any atom is 0.325 e. The Kier molecular flexibility index (Phi) is 5.90. The van der Waals surface area contributed by atoms with Crippen molar-refractivity contribution in [2.24, 2.45) is 0 Å². The minimum absolute atomic E-state index is 0.134. The highest BCUT2D eigenvalue weighted by Gasteiger charge is 2.20. The fraction of sp³-hybridized carbons (Fsp3) is 0.400. The van der Waals surface area contributed by atoms with Gasteiger partial charge in [-0.3, -0.25) is 14.4 Å². The molecular weight excluding hydrogens is 272 g/mol. The summed E-state index contributed by atoms with van der Waals surface area (Å²) < 4.78 is 4.82. The number of para-hydroxylation sites is 1. The lowest BCUT2D eigenvalue weighted by Gasteiger charge is -2.22. The number of nitrogens with zero attached hydrogens (tertiary/aromatic N) is 2. The molecule has 1 rings (SSSR count). The van der Waals surface area contributed by atoms with Gasteiger partial charge in [0.15, 0.2) is 0 Å². The highest BCUT2D eigenvalue weighted by Crippen LogP contribution is 2.20. The van der Waals surface area contributed by atoms with Crippen LogP contribution in [0.1, 0.15) is 24.2 Å². The van der Waals surface area contributed by atoms with E-state index in [2.05, 4.69) is 0 Å². The molecule has 0 aromatic heterocycles. The zero-order chi connectivity index (χ0) is 16.0. The number of likely N-dealkylation sites (N-methyl/N-ethyl adjacent to an activating group) is 1. The zero-order valence-corrected chi connectivity index (χ0v) is 12.8. The molecular formula is C15H20N2O4. The number of anilines is 1.